The van der Waals surface area contributed by atoms with Crippen LogP contribution in [0.2, 0.25) is 0 Å². The molecule has 2 aliphatic carbocycles. The highest BCUT2D eigenvalue weighted by Gasteiger charge is 2.25. The number of rotatable bonds is 7. The highest BCUT2D eigenvalue weighted by Crippen LogP contribution is 2.29. The van der Waals surface area contributed by atoms with Gasteiger partial charge in [-0.25, -0.2) is 13.1 Å². The third-order valence-electron chi connectivity index (χ3n) is 4.14. The predicted octanol–water partition coefficient (Wildman–Crippen LogP) is 2.39. The summed E-state index contributed by atoms with van der Waals surface area (Å²) in [7, 11) is -3.33. The van der Waals surface area contributed by atoms with Crippen LogP contribution >= 0.6 is 11.3 Å². The van der Waals surface area contributed by atoms with Crippen molar-refractivity contribution in [2.45, 2.75) is 56.5 Å². The van der Waals surface area contributed by atoms with Crippen LogP contribution in [-0.2, 0) is 16.6 Å². The van der Waals surface area contributed by atoms with Crippen molar-refractivity contribution in [3.8, 4) is 0 Å². The van der Waals surface area contributed by atoms with Crippen LogP contribution in [0.25, 0.3) is 0 Å². The van der Waals surface area contributed by atoms with Gasteiger partial charge in [0.2, 0.25) is 10.0 Å². The fourth-order valence-corrected chi connectivity index (χ4v) is 5.11. The average molecular weight is 314 g/mol. The molecule has 0 aliphatic heterocycles. The number of thiophene rings is 1. The van der Waals surface area contributed by atoms with Gasteiger partial charge in [0.05, 0.1) is 4.90 Å². The Balaban J connectivity index is 1.63. The van der Waals surface area contributed by atoms with Gasteiger partial charge in [0.15, 0.2) is 0 Å². The van der Waals surface area contributed by atoms with Crippen molar-refractivity contribution in [1.29, 1.82) is 0 Å². The van der Waals surface area contributed by atoms with Gasteiger partial charge < -0.3 is 5.32 Å². The van der Waals surface area contributed by atoms with Crippen molar-refractivity contribution in [3.05, 3.63) is 15.8 Å². The highest BCUT2D eigenvalue weighted by molar-refractivity contribution is 7.89. The molecule has 1 aromatic rings. The van der Waals surface area contributed by atoms with E-state index in [2.05, 4.69) is 10.0 Å². The van der Waals surface area contributed by atoms with Gasteiger partial charge in [-0.15, -0.1) is 11.3 Å². The maximum absolute atomic E-state index is 12.3. The first-order valence-electron chi connectivity index (χ1n) is 7.37. The Morgan fingerprint density at radius 1 is 1.30 bits per heavy atom. The summed E-state index contributed by atoms with van der Waals surface area (Å²) in [5.41, 5.74) is 0. The summed E-state index contributed by atoms with van der Waals surface area (Å²) in [5, 5.41) is 3.43. The third-order valence-corrected chi connectivity index (χ3v) is 6.87. The SMILES string of the molecule is Cc1sc(CNC2CC2)cc1S(=O)(=O)NCC1CCC1. The van der Waals surface area contributed by atoms with Gasteiger partial charge in [0, 0.05) is 28.9 Å². The second kappa shape index (κ2) is 5.75. The first kappa shape index (κ1) is 14.5. The summed E-state index contributed by atoms with van der Waals surface area (Å²) in [6, 6.07) is 2.48. The second-order valence-corrected chi connectivity index (χ2v) is 9.01. The van der Waals surface area contributed by atoms with Gasteiger partial charge in [0.1, 0.15) is 0 Å². The molecule has 0 bridgehead atoms. The average Bonchev–Trinajstić information content (AvgIpc) is 3.07. The van der Waals surface area contributed by atoms with E-state index in [0.717, 1.165) is 29.1 Å². The van der Waals surface area contributed by atoms with E-state index in [1.807, 2.05) is 13.0 Å². The highest BCUT2D eigenvalue weighted by atomic mass is 32.2. The lowest BCUT2D eigenvalue weighted by Gasteiger charge is -2.25. The van der Waals surface area contributed by atoms with Crippen molar-refractivity contribution in [2.75, 3.05) is 6.54 Å². The predicted molar refractivity (Wildman–Crippen MR) is 81.4 cm³/mol. The zero-order chi connectivity index (χ0) is 14.2. The molecule has 0 aromatic carbocycles. The van der Waals surface area contributed by atoms with Gasteiger partial charge in [-0.1, -0.05) is 6.42 Å². The molecule has 20 heavy (non-hydrogen) atoms. The molecular formula is C14H22N2O2S2. The lowest BCUT2D eigenvalue weighted by atomic mass is 9.86. The minimum absolute atomic E-state index is 0.467. The largest absolute Gasteiger partial charge is 0.309 e. The van der Waals surface area contributed by atoms with Gasteiger partial charge in [-0.05, 0) is 44.6 Å². The zero-order valence-electron chi connectivity index (χ0n) is 11.8. The van der Waals surface area contributed by atoms with Crippen LogP contribution in [0.5, 0.6) is 0 Å². The Hall–Kier alpha value is -0.430. The van der Waals surface area contributed by atoms with E-state index in [0.29, 0.717) is 23.4 Å². The molecule has 0 unspecified atom stereocenters. The van der Waals surface area contributed by atoms with Crippen molar-refractivity contribution in [3.63, 3.8) is 0 Å². The molecule has 2 saturated carbocycles. The summed E-state index contributed by atoms with van der Waals surface area (Å²) in [5.74, 6) is 0.541. The molecule has 2 aliphatic rings. The Labute approximate surface area is 125 Å². The smallest absolute Gasteiger partial charge is 0.241 e. The summed E-state index contributed by atoms with van der Waals surface area (Å²) >= 11 is 1.58. The second-order valence-electron chi connectivity index (χ2n) is 5.94. The van der Waals surface area contributed by atoms with Crippen LogP contribution in [0.1, 0.15) is 41.9 Å². The Bertz CT molecular complexity index is 572. The van der Waals surface area contributed by atoms with E-state index in [1.165, 1.54) is 19.3 Å². The standard InChI is InChI=1S/C14H22N2O2S2/c1-10-14(7-13(19-10)9-15-12-5-6-12)20(17,18)16-8-11-3-2-4-11/h7,11-12,15-16H,2-6,8-9H2,1H3. The molecule has 112 valence electrons. The van der Waals surface area contributed by atoms with Crippen LogP contribution in [0.15, 0.2) is 11.0 Å². The van der Waals surface area contributed by atoms with Gasteiger partial charge in [0.25, 0.3) is 0 Å². The minimum atomic E-state index is -3.33. The summed E-state index contributed by atoms with van der Waals surface area (Å²) < 4.78 is 27.4. The normalized spacial score (nSPS) is 20.1. The van der Waals surface area contributed by atoms with Gasteiger partial charge in [-0.3, -0.25) is 0 Å². The summed E-state index contributed by atoms with van der Waals surface area (Å²) in [6.07, 6.45) is 6.04. The molecule has 0 atom stereocenters. The molecule has 2 N–H and O–H groups in total. The van der Waals surface area contributed by atoms with Crippen molar-refractivity contribution in [2.24, 2.45) is 5.92 Å². The molecule has 3 rings (SSSR count). The van der Waals surface area contributed by atoms with Gasteiger partial charge in [-0.2, -0.15) is 0 Å². The van der Waals surface area contributed by atoms with E-state index in [-0.39, 0.29) is 0 Å². The Morgan fingerprint density at radius 3 is 2.65 bits per heavy atom. The molecular weight excluding hydrogens is 292 g/mol. The number of sulfonamides is 1. The molecule has 4 nitrogen and oxygen atoms in total. The zero-order valence-corrected chi connectivity index (χ0v) is 13.4. The molecule has 0 amide bonds. The first-order valence-corrected chi connectivity index (χ1v) is 9.67. The van der Waals surface area contributed by atoms with Crippen LogP contribution in [-0.4, -0.2) is 21.0 Å². The first-order chi connectivity index (χ1) is 9.54. The molecule has 0 spiro atoms. The lowest BCUT2D eigenvalue weighted by molar-refractivity contribution is 0.316. The minimum Gasteiger partial charge on any atom is -0.309 e. The van der Waals surface area contributed by atoms with Crippen LogP contribution < -0.4 is 10.0 Å². The number of nitrogens with one attached hydrogen (secondary N) is 2. The van der Waals surface area contributed by atoms with Crippen molar-refractivity contribution >= 4 is 21.4 Å². The Morgan fingerprint density at radius 2 is 2.05 bits per heavy atom. The molecule has 1 aromatic heterocycles. The topological polar surface area (TPSA) is 58.2 Å². The number of hydrogen-bond acceptors (Lipinski definition) is 4. The lowest BCUT2D eigenvalue weighted by Crippen LogP contribution is -2.32. The van der Waals surface area contributed by atoms with Crippen LogP contribution in [0, 0.1) is 12.8 Å². The Kier molecular flexibility index (Phi) is 4.17. The molecule has 1 heterocycles. The van der Waals surface area contributed by atoms with E-state index < -0.39 is 10.0 Å². The fraction of sp³-hybridized carbons (Fsp3) is 0.714. The molecule has 0 saturated heterocycles. The van der Waals surface area contributed by atoms with Crippen molar-refractivity contribution in [1.82, 2.24) is 10.0 Å². The van der Waals surface area contributed by atoms with E-state index in [9.17, 15) is 8.42 Å². The monoisotopic (exact) mass is 314 g/mol. The van der Waals surface area contributed by atoms with E-state index in [4.69, 9.17) is 0 Å². The molecule has 0 radical (unpaired) electrons. The number of aryl methyl sites for hydroxylation is 1. The summed E-state index contributed by atoms with van der Waals surface area (Å²) in [4.78, 5) is 2.46. The number of hydrogen-bond donors (Lipinski definition) is 2. The summed E-state index contributed by atoms with van der Waals surface area (Å²) in [6.45, 7) is 3.27. The maximum Gasteiger partial charge on any atom is 0.241 e. The van der Waals surface area contributed by atoms with Crippen LogP contribution in [0.3, 0.4) is 0 Å². The maximum atomic E-state index is 12.3. The van der Waals surface area contributed by atoms with E-state index in [1.54, 1.807) is 11.3 Å². The fourth-order valence-electron chi connectivity index (χ4n) is 2.41. The molecule has 6 heteroatoms. The van der Waals surface area contributed by atoms with Crippen molar-refractivity contribution < 1.29 is 8.42 Å². The molecule has 2 fully saturated rings. The van der Waals surface area contributed by atoms with E-state index >= 15 is 0 Å². The third kappa shape index (κ3) is 3.42. The van der Waals surface area contributed by atoms with Crippen LogP contribution in [0.4, 0.5) is 0 Å². The van der Waals surface area contributed by atoms with Gasteiger partial charge >= 0.3 is 0 Å². The quantitative estimate of drug-likeness (QED) is 0.812.